The second kappa shape index (κ2) is 10.5. The molecule has 4 amide bonds. The highest BCUT2D eigenvalue weighted by atomic mass is 16.4. The highest BCUT2D eigenvalue weighted by Crippen LogP contribution is 2.28. The lowest BCUT2D eigenvalue weighted by atomic mass is 9.81. The molecule has 2 unspecified atom stereocenters. The summed E-state index contributed by atoms with van der Waals surface area (Å²) in [6, 6.07) is -0.837. The summed E-state index contributed by atoms with van der Waals surface area (Å²) in [5, 5.41) is 22.9. The standard InChI is InChI=1S/C16H28N4O6/c1-19(9-13(21)22)15(25)17-7-11-4-3-5-12(6-11)8-18-16(26)20(2)10-14(23)24/h11-12H,3-10H2,1-2H3,(H,17,25)(H,18,26)(H,21,22)(H,23,24). The first-order valence-electron chi connectivity index (χ1n) is 8.60. The van der Waals surface area contributed by atoms with E-state index in [1.54, 1.807) is 0 Å². The molecule has 2 atom stereocenters. The zero-order chi connectivity index (χ0) is 19.7. The minimum Gasteiger partial charge on any atom is -0.480 e. The van der Waals surface area contributed by atoms with Gasteiger partial charge in [0.25, 0.3) is 0 Å². The topological polar surface area (TPSA) is 139 Å². The van der Waals surface area contributed by atoms with E-state index in [1.165, 1.54) is 14.1 Å². The number of hydrogen-bond donors (Lipinski definition) is 4. The van der Waals surface area contributed by atoms with Crippen molar-refractivity contribution in [1.82, 2.24) is 20.4 Å². The van der Waals surface area contributed by atoms with Crippen LogP contribution < -0.4 is 10.6 Å². The van der Waals surface area contributed by atoms with Crippen LogP contribution in [0.15, 0.2) is 0 Å². The average molecular weight is 372 g/mol. The Kier molecular flexibility index (Phi) is 8.66. The maximum Gasteiger partial charge on any atom is 0.323 e. The van der Waals surface area contributed by atoms with Gasteiger partial charge in [-0.05, 0) is 31.1 Å². The Balaban J connectivity index is 2.33. The largest absolute Gasteiger partial charge is 0.480 e. The predicted molar refractivity (Wildman–Crippen MR) is 92.8 cm³/mol. The Hall–Kier alpha value is -2.52. The summed E-state index contributed by atoms with van der Waals surface area (Å²) < 4.78 is 0. The van der Waals surface area contributed by atoms with Crippen LogP contribution in [0, 0.1) is 11.8 Å². The Morgan fingerprint density at radius 3 is 1.58 bits per heavy atom. The third-order valence-corrected chi connectivity index (χ3v) is 4.41. The van der Waals surface area contributed by atoms with E-state index < -0.39 is 24.0 Å². The first-order chi connectivity index (χ1) is 12.2. The van der Waals surface area contributed by atoms with E-state index in [4.69, 9.17) is 10.2 Å². The van der Waals surface area contributed by atoms with E-state index in [0.29, 0.717) is 13.1 Å². The molecule has 0 aromatic rings. The zero-order valence-corrected chi connectivity index (χ0v) is 15.2. The van der Waals surface area contributed by atoms with Crippen molar-refractivity contribution in [1.29, 1.82) is 0 Å². The molecule has 1 fully saturated rings. The highest BCUT2D eigenvalue weighted by molar-refractivity contribution is 5.80. The van der Waals surface area contributed by atoms with Crippen molar-refractivity contribution in [3.05, 3.63) is 0 Å². The molecule has 1 aliphatic rings. The summed E-state index contributed by atoms with van der Waals surface area (Å²) in [6.07, 6.45) is 3.75. The molecule has 0 aliphatic heterocycles. The maximum atomic E-state index is 11.8. The van der Waals surface area contributed by atoms with E-state index in [2.05, 4.69) is 10.6 Å². The van der Waals surface area contributed by atoms with Crippen LogP contribution in [0.1, 0.15) is 25.7 Å². The van der Waals surface area contributed by atoms with Gasteiger partial charge in [0.1, 0.15) is 13.1 Å². The monoisotopic (exact) mass is 372 g/mol. The van der Waals surface area contributed by atoms with Gasteiger partial charge in [-0.2, -0.15) is 0 Å². The van der Waals surface area contributed by atoms with Crippen LogP contribution in [0.25, 0.3) is 0 Å². The zero-order valence-electron chi connectivity index (χ0n) is 15.2. The molecule has 1 rings (SSSR count). The van der Waals surface area contributed by atoms with Crippen molar-refractivity contribution < 1.29 is 29.4 Å². The van der Waals surface area contributed by atoms with Gasteiger partial charge in [-0.15, -0.1) is 0 Å². The van der Waals surface area contributed by atoms with Crippen LogP contribution in [0.2, 0.25) is 0 Å². The molecular formula is C16H28N4O6. The summed E-state index contributed by atoms with van der Waals surface area (Å²) >= 11 is 0. The van der Waals surface area contributed by atoms with Crippen LogP contribution in [-0.2, 0) is 9.59 Å². The molecule has 10 heteroatoms. The van der Waals surface area contributed by atoms with Crippen molar-refractivity contribution in [2.45, 2.75) is 25.7 Å². The van der Waals surface area contributed by atoms with Crippen LogP contribution in [0.4, 0.5) is 9.59 Å². The molecule has 4 N–H and O–H groups in total. The van der Waals surface area contributed by atoms with E-state index in [-0.39, 0.29) is 24.9 Å². The fourth-order valence-electron chi connectivity index (χ4n) is 3.06. The average Bonchev–Trinajstić information content (AvgIpc) is 2.56. The molecule has 26 heavy (non-hydrogen) atoms. The van der Waals surface area contributed by atoms with Gasteiger partial charge in [0.2, 0.25) is 0 Å². The van der Waals surface area contributed by atoms with Crippen molar-refractivity contribution in [3.8, 4) is 0 Å². The molecule has 0 aromatic carbocycles. The Morgan fingerprint density at radius 2 is 1.23 bits per heavy atom. The third kappa shape index (κ3) is 8.04. The van der Waals surface area contributed by atoms with Gasteiger partial charge in [-0.25, -0.2) is 9.59 Å². The Labute approximate surface area is 152 Å². The van der Waals surface area contributed by atoms with E-state index in [1.807, 2.05) is 0 Å². The lowest BCUT2D eigenvalue weighted by Gasteiger charge is -2.30. The number of carboxylic acids is 2. The summed E-state index contributed by atoms with van der Waals surface area (Å²) in [4.78, 5) is 47.1. The van der Waals surface area contributed by atoms with Crippen LogP contribution in [-0.4, -0.2) is 84.3 Å². The number of carbonyl (C=O) groups is 4. The van der Waals surface area contributed by atoms with Gasteiger partial charge in [0.05, 0.1) is 0 Å². The first-order valence-corrected chi connectivity index (χ1v) is 8.60. The van der Waals surface area contributed by atoms with Gasteiger partial charge >= 0.3 is 24.0 Å². The number of rotatable bonds is 8. The minimum absolute atomic E-state index is 0.268. The number of carbonyl (C=O) groups excluding carboxylic acids is 2. The number of carboxylic acid groups (broad SMARTS) is 2. The second-order valence-electron chi connectivity index (χ2n) is 6.77. The predicted octanol–water partition coefficient (Wildman–Crippen LogP) is 0.245. The lowest BCUT2D eigenvalue weighted by molar-refractivity contribution is -0.138. The molecule has 0 spiro atoms. The quantitative estimate of drug-likeness (QED) is 0.481. The number of nitrogens with one attached hydrogen (secondary N) is 2. The first kappa shape index (κ1) is 21.5. The Morgan fingerprint density at radius 1 is 0.846 bits per heavy atom. The molecule has 0 heterocycles. The number of amides is 4. The molecule has 0 saturated heterocycles. The van der Waals surface area contributed by atoms with Crippen LogP contribution in [0.3, 0.4) is 0 Å². The minimum atomic E-state index is -1.07. The lowest BCUT2D eigenvalue weighted by Crippen LogP contribution is -2.44. The molecule has 1 saturated carbocycles. The molecular weight excluding hydrogens is 344 g/mol. The maximum absolute atomic E-state index is 11.8. The van der Waals surface area contributed by atoms with Crippen molar-refractivity contribution in [2.75, 3.05) is 40.3 Å². The van der Waals surface area contributed by atoms with Gasteiger partial charge < -0.3 is 30.6 Å². The van der Waals surface area contributed by atoms with Crippen molar-refractivity contribution in [3.63, 3.8) is 0 Å². The van der Waals surface area contributed by atoms with Gasteiger partial charge in [0, 0.05) is 27.2 Å². The molecule has 0 radical (unpaired) electrons. The van der Waals surface area contributed by atoms with Gasteiger partial charge in [0.15, 0.2) is 0 Å². The number of aliphatic carboxylic acids is 2. The summed E-state index contributed by atoms with van der Waals surface area (Å²) in [6.45, 7) is 0.225. The van der Waals surface area contributed by atoms with E-state index in [9.17, 15) is 19.2 Å². The van der Waals surface area contributed by atoms with Crippen LogP contribution >= 0.6 is 0 Å². The SMILES string of the molecule is CN(CC(=O)O)C(=O)NCC1CCCC(CNC(=O)N(C)CC(=O)O)C1. The summed E-state index contributed by atoms with van der Waals surface area (Å²) in [7, 11) is 2.85. The smallest absolute Gasteiger partial charge is 0.323 e. The second-order valence-corrected chi connectivity index (χ2v) is 6.77. The normalized spacial score (nSPS) is 19.3. The number of urea groups is 2. The van der Waals surface area contributed by atoms with Gasteiger partial charge in [-0.3, -0.25) is 9.59 Å². The fourth-order valence-corrected chi connectivity index (χ4v) is 3.06. The Bertz CT molecular complexity index is 483. The molecule has 148 valence electrons. The van der Waals surface area contributed by atoms with E-state index in [0.717, 1.165) is 35.5 Å². The number of hydrogen-bond acceptors (Lipinski definition) is 4. The summed E-state index contributed by atoms with van der Waals surface area (Å²) in [5.74, 6) is -1.60. The molecule has 0 bridgehead atoms. The van der Waals surface area contributed by atoms with Crippen molar-refractivity contribution >= 4 is 24.0 Å². The fraction of sp³-hybridized carbons (Fsp3) is 0.750. The molecule has 10 nitrogen and oxygen atoms in total. The third-order valence-electron chi connectivity index (χ3n) is 4.41. The van der Waals surface area contributed by atoms with Crippen molar-refractivity contribution in [2.24, 2.45) is 11.8 Å². The molecule has 1 aliphatic carbocycles. The van der Waals surface area contributed by atoms with Crippen LogP contribution in [0.5, 0.6) is 0 Å². The summed E-state index contributed by atoms with van der Waals surface area (Å²) in [5.41, 5.74) is 0. The number of nitrogens with zero attached hydrogens (tertiary/aromatic N) is 2. The molecule has 0 aromatic heterocycles. The highest BCUT2D eigenvalue weighted by Gasteiger charge is 2.24. The number of likely N-dealkylation sites (N-methyl/N-ethyl adjacent to an activating group) is 2. The van der Waals surface area contributed by atoms with E-state index >= 15 is 0 Å². The van der Waals surface area contributed by atoms with Gasteiger partial charge in [-0.1, -0.05) is 6.42 Å².